The number of aliphatic hydroxyl groups is 1. The van der Waals surface area contributed by atoms with E-state index in [1.165, 1.54) is 17.9 Å². The Morgan fingerprint density at radius 3 is 2.24 bits per heavy atom. The molecule has 0 aliphatic carbocycles. The van der Waals surface area contributed by atoms with Gasteiger partial charge in [-0.2, -0.15) is 0 Å². The molecule has 0 unspecified atom stereocenters. The zero-order valence-electron chi connectivity index (χ0n) is 23.7. The van der Waals surface area contributed by atoms with Crippen LogP contribution in [0, 0.1) is 17.8 Å². The molecular formula is C28H54O3S2Si. The summed E-state index contributed by atoms with van der Waals surface area (Å²) in [6, 6.07) is 0. The lowest BCUT2D eigenvalue weighted by Crippen LogP contribution is -2.43. The van der Waals surface area contributed by atoms with E-state index < -0.39 is 8.32 Å². The fourth-order valence-electron chi connectivity index (χ4n) is 4.51. The van der Waals surface area contributed by atoms with Crippen LogP contribution in [0.15, 0.2) is 24.3 Å². The van der Waals surface area contributed by atoms with E-state index in [4.69, 9.17) is 9.16 Å². The second-order valence-electron chi connectivity index (χ2n) is 11.5. The van der Waals surface area contributed by atoms with E-state index in [2.05, 4.69) is 109 Å². The fourth-order valence-corrected chi connectivity index (χ4v) is 9.23. The molecule has 0 spiro atoms. The Morgan fingerprint density at radius 2 is 1.74 bits per heavy atom. The summed E-state index contributed by atoms with van der Waals surface area (Å²) in [4.78, 5) is 0. The van der Waals surface area contributed by atoms with Crippen LogP contribution in [0.3, 0.4) is 0 Å². The molecule has 1 aliphatic heterocycles. The Balaban J connectivity index is 2.97. The van der Waals surface area contributed by atoms with E-state index in [9.17, 15) is 5.11 Å². The van der Waals surface area contributed by atoms with Crippen LogP contribution >= 0.6 is 23.5 Å². The van der Waals surface area contributed by atoms with Crippen molar-refractivity contribution in [3.8, 4) is 0 Å². The van der Waals surface area contributed by atoms with E-state index >= 15 is 0 Å². The van der Waals surface area contributed by atoms with Gasteiger partial charge in [-0.25, -0.2) is 0 Å². The number of hydrogen-bond donors (Lipinski definition) is 1. The largest absolute Gasteiger partial charge is 0.413 e. The standard InChI is InChI=1S/C28H54O3S2Si/c1-11-13-16-22(3)26(30-8)23(4)25(29)21-28(32-19-15-20-33-28)24(12-2)17-14-18-31-34(9,10)27(5,6)7/h11,13-14,17,22-26,29H,12,15-16,18-21H2,1-10H3/b13-11+,17-14-/t22-,23-,24+,25+,26+/m0/s1. The first-order chi connectivity index (χ1) is 15.8. The van der Waals surface area contributed by atoms with Crippen LogP contribution < -0.4 is 0 Å². The highest BCUT2D eigenvalue weighted by atomic mass is 32.2. The monoisotopic (exact) mass is 530 g/mol. The minimum absolute atomic E-state index is 0.0129. The van der Waals surface area contributed by atoms with E-state index in [-0.39, 0.29) is 27.2 Å². The Labute approximate surface area is 221 Å². The summed E-state index contributed by atoms with van der Waals surface area (Å²) in [6.07, 6.45) is 12.7. The predicted molar refractivity (Wildman–Crippen MR) is 158 cm³/mol. The summed E-state index contributed by atoms with van der Waals surface area (Å²) < 4.78 is 12.3. The Bertz CT molecular complexity index is 624. The zero-order valence-corrected chi connectivity index (χ0v) is 26.4. The average molecular weight is 531 g/mol. The maximum atomic E-state index is 11.5. The fraction of sp³-hybridized carbons (Fsp3) is 0.857. The van der Waals surface area contributed by atoms with Crippen LogP contribution in [0.5, 0.6) is 0 Å². The highest BCUT2D eigenvalue weighted by molar-refractivity contribution is 8.18. The second kappa shape index (κ2) is 14.9. The van der Waals surface area contributed by atoms with Crippen molar-refractivity contribution in [1.29, 1.82) is 0 Å². The van der Waals surface area contributed by atoms with Crippen LogP contribution in [-0.2, 0) is 9.16 Å². The molecule has 34 heavy (non-hydrogen) atoms. The third-order valence-corrected chi connectivity index (χ3v) is 16.0. The normalized spacial score (nSPS) is 22.1. The molecule has 0 aromatic rings. The lowest BCUT2D eigenvalue weighted by atomic mass is 9.84. The second-order valence-corrected chi connectivity index (χ2v) is 19.4. The van der Waals surface area contributed by atoms with Gasteiger partial charge in [-0.3, -0.25) is 0 Å². The first kappa shape index (κ1) is 32.3. The molecule has 0 saturated carbocycles. The van der Waals surface area contributed by atoms with Gasteiger partial charge in [0.25, 0.3) is 0 Å². The van der Waals surface area contributed by atoms with Crippen molar-refractivity contribution in [1.82, 2.24) is 0 Å². The van der Waals surface area contributed by atoms with E-state index in [0.29, 0.717) is 18.4 Å². The third-order valence-electron chi connectivity index (χ3n) is 7.90. The molecule has 200 valence electrons. The number of allylic oxidation sites excluding steroid dienone is 3. The molecule has 0 aromatic heterocycles. The van der Waals surface area contributed by atoms with Crippen LogP contribution in [0.4, 0.5) is 0 Å². The zero-order chi connectivity index (χ0) is 26.0. The van der Waals surface area contributed by atoms with Gasteiger partial charge in [0.2, 0.25) is 0 Å². The summed E-state index contributed by atoms with van der Waals surface area (Å²) in [5, 5.41) is 11.7. The van der Waals surface area contributed by atoms with E-state index in [1.54, 1.807) is 7.11 Å². The van der Waals surface area contributed by atoms with Crippen molar-refractivity contribution in [3.05, 3.63) is 24.3 Å². The minimum Gasteiger partial charge on any atom is -0.413 e. The highest BCUT2D eigenvalue weighted by Gasteiger charge is 2.43. The molecule has 0 aromatic carbocycles. The molecule has 1 rings (SSSR count). The van der Waals surface area contributed by atoms with Crippen molar-refractivity contribution >= 4 is 31.8 Å². The first-order valence-corrected chi connectivity index (χ1v) is 18.1. The van der Waals surface area contributed by atoms with Gasteiger partial charge in [-0.05, 0) is 68.2 Å². The number of rotatable bonds is 14. The maximum Gasteiger partial charge on any atom is 0.192 e. The Kier molecular flexibility index (Phi) is 14.1. The van der Waals surface area contributed by atoms with Gasteiger partial charge in [0.05, 0.1) is 22.9 Å². The number of aliphatic hydroxyl groups excluding tert-OH is 1. The maximum absolute atomic E-state index is 11.5. The smallest absolute Gasteiger partial charge is 0.192 e. The molecule has 1 fully saturated rings. The summed E-state index contributed by atoms with van der Waals surface area (Å²) in [5.74, 6) is 3.22. The minimum atomic E-state index is -1.74. The van der Waals surface area contributed by atoms with Crippen molar-refractivity contribution in [2.45, 2.75) is 109 Å². The lowest BCUT2D eigenvalue weighted by molar-refractivity contribution is -0.0369. The van der Waals surface area contributed by atoms with Crippen LogP contribution in [0.25, 0.3) is 0 Å². The summed E-state index contributed by atoms with van der Waals surface area (Å²) in [7, 11) is 0.0473. The molecule has 3 nitrogen and oxygen atoms in total. The van der Waals surface area contributed by atoms with Crippen molar-refractivity contribution in [2.75, 3.05) is 25.2 Å². The number of methoxy groups -OCH3 is 1. The van der Waals surface area contributed by atoms with Gasteiger partial charge in [-0.15, -0.1) is 23.5 Å². The van der Waals surface area contributed by atoms with Crippen molar-refractivity contribution < 1.29 is 14.3 Å². The Morgan fingerprint density at radius 1 is 1.12 bits per heavy atom. The van der Waals surface area contributed by atoms with E-state index in [1.807, 2.05) is 0 Å². The summed E-state index contributed by atoms with van der Waals surface area (Å²) >= 11 is 4.13. The molecule has 0 amide bonds. The average Bonchev–Trinajstić information content (AvgIpc) is 2.77. The molecule has 0 bridgehead atoms. The SMILES string of the molecule is C/C=C/C[C@H](C)[C@@H](OC)[C@@H](C)[C@H](O)CC1([C@@H](/C=C\CO[Si](C)(C)C(C)(C)C)CC)SCCCS1. The van der Waals surface area contributed by atoms with Gasteiger partial charge < -0.3 is 14.3 Å². The molecule has 1 saturated heterocycles. The third kappa shape index (κ3) is 9.30. The number of thioether (sulfide) groups is 2. The topological polar surface area (TPSA) is 38.7 Å². The van der Waals surface area contributed by atoms with Gasteiger partial charge in [0, 0.05) is 18.9 Å². The van der Waals surface area contributed by atoms with Crippen molar-refractivity contribution in [3.63, 3.8) is 0 Å². The van der Waals surface area contributed by atoms with Crippen LogP contribution in [0.1, 0.15) is 74.1 Å². The molecule has 5 atom stereocenters. The number of hydrogen-bond acceptors (Lipinski definition) is 5. The molecule has 6 heteroatoms. The van der Waals surface area contributed by atoms with E-state index in [0.717, 1.165) is 19.3 Å². The summed E-state index contributed by atoms with van der Waals surface area (Å²) in [5.41, 5.74) is 0. The predicted octanol–water partition coefficient (Wildman–Crippen LogP) is 8.16. The van der Waals surface area contributed by atoms with Gasteiger partial charge in [-0.1, -0.05) is 65.8 Å². The van der Waals surface area contributed by atoms with Crippen LogP contribution in [-0.4, -0.2) is 54.9 Å². The van der Waals surface area contributed by atoms with Crippen LogP contribution in [0.2, 0.25) is 18.1 Å². The van der Waals surface area contributed by atoms with Gasteiger partial charge in [0.1, 0.15) is 0 Å². The Hall–Kier alpha value is 0.277. The van der Waals surface area contributed by atoms with Gasteiger partial charge in [0.15, 0.2) is 8.32 Å². The molecule has 0 radical (unpaired) electrons. The van der Waals surface area contributed by atoms with Gasteiger partial charge >= 0.3 is 0 Å². The molecule has 1 N–H and O–H groups in total. The quantitative estimate of drug-likeness (QED) is 0.181. The first-order valence-electron chi connectivity index (χ1n) is 13.3. The number of ether oxygens (including phenoxy) is 1. The van der Waals surface area contributed by atoms with Crippen molar-refractivity contribution in [2.24, 2.45) is 17.8 Å². The lowest BCUT2D eigenvalue weighted by Gasteiger charge is -2.44. The molecule has 1 aliphatic rings. The molecular weight excluding hydrogens is 477 g/mol. The highest BCUT2D eigenvalue weighted by Crippen LogP contribution is 2.53. The summed E-state index contributed by atoms with van der Waals surface area (Å²) in [6.45, 7) is 20.9. The molecule has 1 heterocycles.